The third-order valence-electron chi connectivity index (χ3n) is 3.32. The van der Waals surface area contributed by atoms with E-state index in [2.05, 4.69) is 30.5 Å². The SMILES string of the molecule is CCc1nn(C)cc1CNCC1CC1C. The van der Waals surface area contributed by atoms with Crippen LogP contribution in [0.15, 0.2) is 6.20 Å². The number of rotatable bonds is 5. The molecule has 0 saturated heterocycles. The Bertz CT molecular complexity index is 330. The van der Waals surface area contributed by atoms with Gasteiger partial charge in [-0.05, 0) is 31.2 Å². The Hall–Kier alpha value is -0.830. The lowest BCUT2D eigenvalue weighted by atomic mass is 10.2. The molecule has 1 saturated carbocycles. The fraction of sp³-hybridized carbons (Fsp3) is 0.750. The van der Waals surface area contributed by atoms with Gasteiger partial charge in [-0.15, -0.1) is 0 Å². The summed E-state index contributed by atoms with van der Waals surface area (Å²) >= 11 is 0. The van der Waals surface area contributed by atoms with Gasteiger partial charge in [-0.2, -0.15) is 5.10 Å². The summed E-state index contributed by atoms with van der Waals surface area (Å²) in [6.07, 6.45) is 4.56. The van der Waals surface area contributed by atoms with Crippen LogP contribution in [-0.2, 0) is 20.0 Å². The number of hydrogen-bond acceptors (Lipinski definition) is 2. The molecule has 1 aromatic heterocycles. The maximum atomic E-state index is 4.43. The van der Waals surface area contributed by atoms with E-state index in [4.69, 9.17) is 0 Å². The van der Waals surface area contributed by atoms with E-state index >= 15 is 0 Å². The van der Waals surface area contributed by atoms with Crippen LogP contribution >= 0.6 is 0 Å². The van der Waals surface area contributed by atoms with Gasteiger partial charge in [0, 0.05) is 25.4 Å². The van der Waals surface area contributed by atoms with Gasteiger partial charge in [0.05, 0.1) is 5.69 Å². The summed E-state index contributed by atoms with van der Waals surface area (Å²) in [7, 11) is 1.99. The van der Waals surface area contributed by atoms with Crippen molar-refractivity contribution < 1.29 is 0 Å². The molecule has 1 aromatic rings. The molecule has 2 atom stereocenters. The van der Waals surface area contributed by atoms with Gasteiger partial charge in [-0.25, -0.2) is 0 Å². The molecule has 15 heavy (non-hydrogen) atoms. The van der Waals surface area contributed by atoms with Crippen molar-refractivity contribution in [1.29, 1.82) is 0 Å². The second-order valence-corrected chi connectivity index (χ2v) is 4.73. The first-order chi connectivity index (χ1) is 7.20. The van der Waals surface area contributed by atoms with Crippen molar-refractivity contribution in [3.05, 3.63) is 17.5 Å². The molecule has 2 unspecified atom stereocenters. The van der Waals surface area contributed by atoms with Crippen LogP contribution in [0.25, 0.3) is 0 Å². The molecule has 3 heteroatoms. The van der Waals surface area contributed by atoms with E-state index in [-0.39, 0.29) is 0 Å². The molecule has 0 radical (unpaired) electrons. The third kappa shape index (κ3) is 2.59. The molecule has 1 aliphatic rings. The van der Waals surface area contributed by atoms with Gasteiger partial charge in [0.15, 0.2) is 0 Å². The summed E-state index contributed by atoms with van der Waals surface area (Å²) in [5, 5.41) is 7.96. The highest BCUT2D eigenvalue weighted by Gasteiger charge is 2.31. The zero-order valence-corrected chi connectivity index (χ0v) is 9.95. The van der Waals surface area contributed by atoms with Gasteiger partial charge in [0.1, 0.15) is 0 Å². The normalized spacial score (nSPS) is 24.5. The Kier molecular flexibility index (Phi) is 3.10. The molecule has 3 nitrogen and oxygen atoms in total. The van der Waals surface area contributed by atoms with Crippen molar-refractivity contribution in [2.45, 2.75) is 33.2 Å². The minimum Gasteiger partial charge on any atom is -0.312 e. The number of nitrogens with one attached hydrogen (secondary N) is 1. The smallest absolute Gasteiger partial charge is 0.0666 e. The summed E-state index contributed by atoms with van der Waals surface area (Å²) in [4.78, 5) is 0. The topological polar surface area (TPSA) is 29.9 Å². The van der Waals surface area contributed by atoms with Crippen LogP contribution in [0, 0.1) is 11.8 Å². The lowest BCUT2D eigenvalue weighted by molar-refractivity contribution is 0.610. The maximum absolute atomic E-state index is 4.43. The van der Waals surface area contributed by atoms with Gasteiger partial charge in [-0.1, -0.05) is 13.8 Å². The second kappa shape index (κ2) is 4.35. The second-order valence-electron chi connectivity index (χ2n) is 4.73. The van der Waals surface area contributed by atoms with Gasteiger partial charge >= 0.3 is 0 Å². The van der Waals surface area contributed by atoms with Gasteiger partial charge in [0.25, 0.3) is 0 Å². The highest BCUT2D eigenvalue weighted by atomic mass is 15.3. The van der Waals surface area contributed by atoms with Crippen LogP contribution in [-0.4, -0.2) is 16.3 Å². The van der Waals surface area contributed by atoms with Gasteiger partial charge in [0.2, 0.25) is 0 Å². The van der Waals surface area contributed by atoms with Crippen molar-refractivity contribution in [3.63, 3.8) is 0 Å². The van der Waals surface area contributed by atoms with E-state index in [1.54, 1.807) is 0 Å². The highest BCUT2D eigenvalue weighted by Crippen LogP contribution is 2.36. The summed E-state index contributed by atoms with van der Waals surface area (Å²) in [6, 6.07) is 0. The third-order valence-corrected chi connectivity index (χ3v) is 3.32. The maximum Gasteiger partial charge on any atom is 0.0666 e. The molecular formula is C12H21N3. The number of aryl methyl sites for hydroxylation is 2. The number of nitrogens with zero attached hydrogens (tertiary/aromatic N) is 2. The van der Waals surface area contributed by atoms with Crippen LogP contribution in [0.5, 0.6) is 0 Å². The summed E-state index contributed by atoms with van der Waals surface area (Å²) in [5.41, 5.74) is 2.59. The average molecular weight is 207 g/mol. The molecule has 1 N–H and O–H groups in total. The molecule has 1 heterocycles. The molecule has 1 fully saturated rings. The molecular weight excluding hydrogens is 186 g/mol. The van der Waals surface area contributed by atoms with Crippen LogP contribution in [0.3, 0.4) is 0 Å². The molecule has 0 aliphatic heterocycles. The van der Waals surface area contributed by atoms with Crippen LogP contribution < -0.4 is 5.32 Å². The first-order valence-electron chi connectivity index (χ1n) is 5.92. The van der Waals surface area contributed by atoms with Crippen molar-refractivity contribution in [1.82, 2.24) is 15.1 Å². The van der Waals surface area contributed by atoms with Crippen molar-refractivity contribution in [2.75, 3.05) is 6.54 Å². The lowest BCUT2D eigenvalue weighted by Crippen LogP contribution is -2.17. The van der Waals surface area contributed by atoms with E-state index in [0.717, 1.165) is 24.8 Å². The molecule has 84 valence electrons. The molecule has 0 bridgehead atoms. The number of hydrogen-bond donors (Lipinski definition) is 1. The van der Waals surface area contributed by atoms with Gasteiger partial charge in [-0.3, -0.25) is 4.68 Å². The summed E-state index contributed by atoms with van der Waals surface area (Å²) in [5.74, 6) is 1.86. The number of aromatic nitrogens is 2. The van der Waals surface area contributed by atoms with E-state index in [1.165, 1.54) is 24.2 Å². The first-order valence-corrected chi connectivity index (χ1v) is 5.92. The van der Waals surface area contributed by atoms with Crippen LogP contribution in [0.2, 0.25) is 0 Å². The summed E-state index contributed by atoms with van der Waals surface area (Å²) in [6.45, 7) is 6.63. The Balaban J connectivity index is 1.81. The predicted molar refractivity (Wildman–Crippen MR) is 61.6 cm³/mol. The Labute approximate surface area is 91.9 Å². The molecule has 1 aliphatic carbocycles. The largest absolute Gasteiger partial charge is 0.312 e. The van der Waals surface area contributed by atoms with E-state index in [1.807, 2.05) is 11.7 Å². The predicted octanol–water partition coefficient (Wildman–Crippen LogP) is 1.73. The molecule has 0 aromatic carbocycles. The van der Waals surface area contributed by atoms with Crippen molar-refractivity contribution in [2.24, 2.45) is 18.9 Å². The van der Waals surface area contributed by atoms with E-state index in [0.29, 0.717) is 0 Å². The lowest BCUT2D eigenvalue weighted by Gasteiger charge is -2.02. The summed E-state index contributed by atoms with van der Waals surface area (Å²) < 4.78 is 1.91. The Morgan fingerprint density at radius 1 is 1.60 bits per heavy atom. The van der Waals surface area contributed by atoms with Crippen LogP contribution in [0.4, 0.5) is 0 Å². The zero-order chi connectivity index (χ0) is 10.8. The fourth-order valence-electron chi connectivity index (χ4n) is 2.10. The van der Waals surface area contributed by atoms with Crippen LogP contribution in [0.1, 0.15) is 31.5 Å². The van der Waals surface area contributed by atoms with E-state index < -0.39 is 0 Å². The fourth-order valence-corrected chi connectivity index (χ4v) is 2.10. The van der Waals surface area contributed by atoms with Gasteiger partial charge < -0.3 is 5.32 Å². The van der Waals surface area contributed by atoms with Crippen molar-refractivity contribution >= 4 is 0 Å². The standard InChI is InChI=1S/C12H21N3/c1-4-12-11(8-15(3)14-12)7-13-6-10-5-9(10)2/h8-10,13H,4-7H2,1-3H3. The molecule has 0 spiro atoms. The van der Waals surface area contributed by atoms with E-state index in [9.17, 15) is 0 Å². The average Bonchev–Trinajstić information content (AvgIpc) is 2.76. The van der Waals surface area contributed by atoms with Crippen molar-refractivity contribution in [3.8, 4) is 0 Å². The Morgan fingerprint density at radius 2 is 2.33 bits per heavy atom. The zero-order valence-electron chi connectivity index (χ0n) is 9.95. The Morgan fingerprint density at radius 3 is 2.93 bits per heavy atom. The monoisotopic (exact) mass is 207 g/mol. The highest BCUT2D eigenvalue weighted by molar-refractivity contribution is 5.16. The quantitative estimate of drug-likeness (QED) is 0.797. The molecule has 0 amide bonds. The minimum absolute atomic E-state index is 0.923. The first kappa shape index (κ1) is 10.7. The molecule has 2 rings (SSSR count). The minimum atomic E-state index is 0.923.